The molecule has 5 nitrogen and oxygen atoms in total. The average molecular weight is 416 g/mol. The molecule has 0 atom stereocenters. The second kappa shape index (κ2) is 8.80. The van der Waals surface area contributed by atoms with Crippen LogP contribution in [0.4, 0.5) is 0 Å². The van der Waals surface area contributed by atoms with Gasteiger partial charge >= 0.3 is 0 Å². The summed E-state index contributed by atoms with van der Waals surface area (Å²) in [5, 5.41) is 3.21. The second-order valence-corrected chi connectivity index (χ2v) is 8.38. The predicted molar refractivity (Wildman–Crippen MR) is 123 cm³/mol. The molecule has 2 heterocycles. The number of nitrogens with zero attached hydrogens (tertiary/aromatic N) is 2. The maximum absolute atomic E-state index is 13.2. The Labute approximate surface area is 183 Å². The smallest absolute Gasteiger partial charge is 0.253 e. The highest BCUT2D eigenvalue weighted by molar-refractivity contribution is 5.98. The van der Waals surface area contributed by atoms with Crippen LogP contribution in [-0.4, -0.2) is 40.4 Å². The third kappa shape index (κ3) is 4.41. The van der Waals surface area contributed by atoms with Crippen molar-refractivity contribution < 1.29 is 9.59 Å². The molecule has 1 aliphatic rings. The summed E-state index contributed by atoms with van der Waals surface area (Å²) in [6, 6.07) is 19.6. The summed E-state index contributed by atoms with van der Waals surface area (Å²) >= 11 is 0. The van der Waals surface area contributed by atoms with Gasteiger partial charge in [-0.15, -0.1) is 0 Å². The molecule has 2 amide bonds. The number of piperidine rings is 1. The Hall–Kier alpha value is -3.34. The highest BCUT2D eigenvalue weighted by atomic mass is 16.2. The number of benzene rings is 2. The zero-order chi connectivity index (χ0) is 22.0. The number of likely N-dealkylation sites (tertiary alicyclic amines) is 1. The Morgan fingerprint density at radius 2 is 1.52 bits per heavy atom. The lowest BCUT2D eigenvalue weighted by Gasteiger charge is -2.32. The predicted octanol–water partition coefficient (Wildman–Crippen LogP) is 4.44. The molecule has 2 aromatic carbocycles. The monoisotopic (exact) mass is 415 g/mol. The minimum Gasteiger partial charge on any atom is -0.349 e. The quantitative estimate of drug-likeness (QED) is 0.685. The largest absolute Gasteiger partial charge is 0.349 e. The van der Waals surface area contributed by atoms with E-state index in [4.69, 9.17) is 0 Å². The van der Waals surface area contributed by atoms with Crippen LogP contribution >= 0.6 is 0 Å². The molecule has 0 saturated carbocycles. The minimum absolute atomic E-state index is 0.0564. The highest BCUT2D eigenvalue weighted by Gasteiger charge is 2.26. The van der Waals surface area contributed by atoms with Gasteiger partial charge in [-0.3, -0.25) is 9.59 Å². The summed E-state index contributed by atoms with van der Waals surface area (Å²) in [6.45, 7) is 7.40. The molecule has 5 heteroatoms. The van der Waals surface area contributed by atoms with Crippen molar-refractivity contribution in [3.63, 3.8) is 0 Å². The standard InChI is InChI=1S/C26H29N3O2/c1-18-9-12-24(29-19(2)10-11-20(29)3)23(17-18)25(30)27-22-13-15-28(16-14-22)26(31)21-7-5-4-6-8-21/h4-12,17,22H,13-16H2,1-3H3,(H,27,30). The van der Waals surface area contributed by atoms with Gasteiger partial charge in [0.15, 0.2) is 0 Å². The molecule has 0 aliphatic carbocycles. The molecule has 1 aliphatic heterocycles. The molecule has 0 radical (unpaired) electrons. The number of carbonyl (C=O) groups excluding carboxylic acids is 2. The maximum Gasteiger partial charge on any atom is 0.253 e. The first-order valence-electron chi connectivity index (χ1n) is 10.8. The molecule has 31 heavy (non-hydrogen) atoms. The number of hydrogen-bond acceptors (Lipinski definition) is 2. The van der Waals surface area contributed by atoms with Crippen LogP contribution in [0.1, 0.15) is 50.5 Å². The lowest BCUT2D eigenvalue weighted by molar-refractivity contribution is 0.0698. The van der Waals surface area contributed by atoms with Crippen LogP contribution in [0.15, 0.2) is 60.7 Å². The van der Waals surface area contributed by atoms with E-state index in [2.05, 4.69) is 22.0 Å². The van der Waals surface area contributed by atoms with Crippen LogP contribution in [0.5, 0.6) is 0 Å². The summed E-state index contributed by atoms with van der Waals surface area (Å²) < 4.78 is 2.12. The Morgan fingerprint density at radius 1 is 0.871 bits per heavy atom. The molecule has 3 aromatic rings. The van der Waals surface area contributed by atoms with Gasteiger partial charge in [0, 0.05) is 36.1 Å². The summed E-state index contributed by atoms with van der Waals surface area (Å²) in [7, 11) is 0. The van der Waals surface area contributed by atoms with Gasteiger partial charge in [0.2, 0.25) is 0 Å². The lowest BCUT2D eigenvalue weighted by atomic mass is 10.0. The first-order valence-corrected chi connectivity index (χ1v) is 10.8. The molecule has 0 bridgehead atoms. The summed E-state index contributed by atoms with van der Waals surface area (Å²) in [5.74, 6) is 0.00365. The number of amides is 2. The van der Waals surface area contributed by atoms with Crippen molar-refractivity contribution in [3.05, 3.63) is 88.7 Å². The molecular formula is C26H29N3O2. The number of nitrogens with one attached hydrogen (secondary N) is 1. The van der Waals surface area contributed by atoms with Gasteiger partial charge in [0.05, 0.1) is 11.3 Å². The van der Waals surface area contributed by atoms with Crippen LogP contribution in [-0.2, 0) is 0 Å². The van der Waals surface area contributed by atoms with Crippen LogP contribution in [0, 0.1) is 20.8 Å². The maximum atomic E-state index is 13.2. The molecule has 0 spiro atoms. The van der Waals surface area contributed by atoms with Crippen molar-refractivity contribution in [3.8, 4) is 5.69 Å². The molecule has 1 saturated heterocycles. The van der Waals surface area contributed by atoms with Crippen LogP contribution in [0.2, 0.25) is 0 Å². The molecule has 0 unspecified atom stereocenters. The zero-order valence-electron chi connectivity index (χ0n) is 18.4. The Morgan fingerprint density at radius 3 is 2.16 bits per heavy atom. The fraction of sp³-hybridized carbons (Fsp3) is 0.308. The van der Waals surface area contributed by atoms with Gasteiger partial charge < -0.3 is 14.8 Å². The normalized spacial score (nSPS) is 14.5. The summed E-state index contributed by atoms with van der Waals surface area (Å²) in [5.41, 5.74) is 5.56. The molecular weight excluding hydrogens is 386 g/mol. The fourth-order valence-electron chi connectivity index (χ4n) is 4.33. The minimum atomic E-state index is -0.0564. The second-order valence-electron chi connectivity index (χ2n) is 8.38. The molecule has 160 valence electrons. The first-order chi connectivity index (χ1) is 14.9. The fourth-order valence-corrected chi connectivity index (χ4v) is 4.33. The summed E-state index contributed by atoms with van der Waals surface area (Å²) in [4.78, 5) is 27.8. The van der Waals surface area contributed by atoms with E-state index in [1.165, 1.54) is 0 Å². The van der Waals surface area contributed by atoms with Gasteiger partial charge in [-0.05, 0) is 70.0 Å². The van der Waals surface area contributed by atoms with Crippen LogP contribution < -0.4 is 5.32 Å². The SMILES string of the molecule is Cc1ccc(-n2c(C)ccc2C)c(C(=O)NC2CCN(C(=O)c3ccccc3)CC2)c1. The van der Waals surface area contributed by atoms with E-state index in [1.807, 2.05) is 74.2 Å². The van der Waals surface area contributed by atoms with Gasteiger partial charge in [-0.2, -0.15) is 0 Å². The molecule has 1 aromatic heterocycles. The lowest BCUT2D eigenvalue weighted by Crippen LogP contribution is -2.46. The number of rotatable bonds is 4. The Balaban J connectivity index is 1.45. The molecule has 1 fully saturated rings. The van der Waals surface area contributed by atoms with Crippen molar-refractivity contribution in [2.75, 3.05) is 13.1 Å². The van der Waals surface area contributed by atoms with Gasteiger partial charge in [0.1, 0.15) is 0 Å². The number of aromatic nitrogens is 1. The van der Waals surface area contributed by atoms with Crippen molar-refractivity contribution in [2.24, 2.45) is 0 Å². The zero-order valence-corrected chi connectivity index (χ0v) is 18.4. The van der Waals surface area contributed by atoms with Crippen molar-refractivity contribution in [2.45, 2.75) is 39.7 Å². The van der Waals surface area contributed by atoms with E-state index in [0.29, 0.717) is 24.2 Å². The van der Waals surface area contributed by atoms with Crippen molar-refractivity contribution >= 4 is 11.8 Å². The third-order valence-electron chi connectivity index (χ3n) is 6.05. The van der Waals surface area contributed by atoms with Crippen molar-refractivity contribution in [1.82, 2.24) is 14.8 Å². The highest BCUT2D eigenvalue weighted by Crippen LogP contribution is 2.23. The number of hydrogen-bond donors (Lipinski definition) is 1. The van der Waals surface area contributed by atoms with Gasteiger partial charge in [-0.1, -0.05) is 29.8 Å². The van der Waals surface area contributed by atoms with E-state index in [0.717, 1.165) is 35.5 Å². The Kier molecular flexibility index (Phi) is 5.94. The van der Waals surface area contributed by atoms with Gasteiger partial charge in [-0.25, -0.2) is 0 Å². The average Bonchev–Trinajstić information content (AvgIpc) is 3.12. The van der Waals surface area contributed by atoms with E-state index in [1.54, 1.807) is 0 Å². The van der Waals surface area contributed by atoms with E-state index in [-0.39, 0.29) is 17.9 Å². The number of carbonyl (C=O) groups is 2. The molecule has 1 N–H and O–H groups in total. The third-order valence-corrected chi connectivity index (χ3v) is 6.05. The summed E-state index contributed by atoms with van der Waals surface area (Å²) in [6.07, 6.45) is 1.51. The first kappa shape index (κ1) is 20.9. The van der Waals surface area contributed by atoms with Gasteiger partial charge in [0.25, 0.3) is 11.8 Å². The van der Waals surface area contributed by atoms with E-state index >= 15 is 0 Å². The number of aryl methyl sites for hydroxylation is 3. The van der Waals surface area contributed by atoms with E-state index in [9.17, 15) is 9.59 Å². The Bertz CT molecular complexity index is 1070. The van der Waals surface area contributed by atoms with E-state index < -0.39 is 0 Å². The van der Waals surface area contributed by atoms with Crippen LogP contribution in [0.25, 0.3) is 5.69 Å². The molecule has 4 rings (SSSR count). The van der Waals surface area contributed by atoms with Crippen molar-refractivity contribution in [1.29, 1.82) is 0 Å². The topological polar surface area (TPSA) is 54.3 Å². The van der Waals surface area contributed by atoms with Crippen LogP contribution in [0.3, 0.4) is 0 Å².